The van der Waals surface area contributed by atoms with Crippen LogP contribution in [-0.4, -0.2) is 38.8 Å². The Morgan fingerprint density at radius 3 is 2.35 bits per heavy atom. The molecule has 0 bridgehead atoms. The zero-order chi connectivity index (χ0) is 18.7. The van der Waals surface area contributed by atoms with Crippen molar-refractivity contribution in [3.8, 4) is 5.75 Å². The van der Waals surface area contributed by atoms with Gasteiger partial charge in [0.2, 0.25) is 10.0 Å². The first-order valence-corrected chi connectivity index (χ1v) is 9.92. The van der Waals surface area contributed by atoms with Crippen LogP contribution in [0.25, 0.3) is 0 Å². The molecule has 7 heteroatoms. The summed E-state index contributed by atoms with van der Waals surface area (Å²) in [7, 11) is -2.15. The Morgan fingerprint density at radius 2 is 1.73 bits per heavy atom. The normalized spacial score (nSPS) is 15.0. The van der Waals surface area contributed by atoms with E-state index in [1.54, 1.807) is 12.1 Å². The number of anilines is 1. The molecular formula is C19H22N2O4S. The molecule has 1 saturated heterocycles. The fourth-order valence-corrected chi connectivity index (χ4v) is 4.48. The summed E-state index contributed by atoms with van der Waals surface area (Å²) in [5.41, 5.74) is 1.91. The van der Waals surface area contributed by atoms with Gasteiger partial charge in [-0.25, -0.2) is 8.42 Å². The Hall–Kier alpha value is -2.38. The summed E-state index contributed by atoms with van der Waals surface area (Å²) in [5.74, 6) is -0.0841. The maximum atomic E-state index is 12.8. The van der Waals surface area contributed by atoms with E-state index < -0.39 is 15.9 Å². The third-order valence-corrected chi connectivity index (χ3v) is 6.32. The first-order valence-electron chi connectivity index (χ1n) is 8.48. The molecule has 0 aliphatic carbocycles. The number of aryl methyl sites for hydroxylation is 1. The van der Waals surface area contributed by atoms with E-state index in [9.17, 15) is 13.2 Å². The van der Waals surface area contributed by atoms with E-state index in [0.29, 0.717) is 24.5 Å². The standard InChI is InChI=1S/C19H22N2O4S/c1-14-5-7-15(8-6-14)20-19(22)17-13-16(9-10-18(17)25-2)26(23,24)21-11-3-4-12-21/h5-10,13H,3-4,11-12H2,1-2H3,(H,20,22). The molecule has 2 aromatic rings. The molecule has 1 heterocycles. The predicted octanol–water partition coefficient (Wildman–Crippen LogP) is 3.04. The molecule has 0 atom stereocenters. The maximum Gasteiger partial charge on any atom is 0.259 e. The van der Waals surface area contributed by atoms with E-state index in [0.717, 1.165) is 18.4 Å². The van der Waals surface area contributed by atoms with Crippen LogP contribution in [0.4, 0.5) is 5.69 Å². The molecule has 6 nitrogen and oxygen atoms in total. The number of sulfonamides is 1. The van der Waals surface area contributed by atoms with Gasteiger partial charge in [0.15, 0.2) is 0 Å². The van der Waals surface area contributed by atoms with Crippen LogP contribution in [0.15, 0.2) is 47.4 Å². The lowest BCUT2D eigenvalue weighted by Crippen LogP contribution is -2.28. The van der Waals surface area contributed by atoms with Crippen molar-refractivity contribution in [2.45, 2.75) is 24.7 Å². The number of ether oxygens (including phenoxy) is 1. The van der Waals surface area contributed by atoms with Crippen molar-refractivity contribution >= 4 is 21.6 Å². The van der Waals surface area contributed by atoms with Gasteiger partial charge in [-0.2, -0.15) is 4.31 Å². The van der Waals surface area contributed by atoms with Gasteiger partial charge in [0, 0.05) is 18.8 Å². The van der Waals surface area contributed by atoms with Crippen LogP contribution < -0.4 is 10.1 Å². The highest BCUT2D eigenvalue weighted by Gasteiger charge is 2.28. The lowest BCUT2D eigenvalue weighted by atomic mass is 10.1. The number of nitrogens with zero attached hydrogens (tertiary/aromatic N) is 1. The van der Waals surface area contributed by atoms with Crippen LogP contribution in [0.2, 0.25) is 0 Å². The van der Waals surface area contributed by atoms with Gasteiger partial charge in [0.25, 0.3) is 5.91 Å². The number of carbonyl (C=O) groups is 1. The largest absolute Gasteiger partial charge is 0.496 e. The van der Waals surface area contributed by atoms with Crippen LogP contribution in [0.3, 0.4) is 0 Å². The van der Waals surface area contributed by atoms with Crippen molar-refractivity contribution in [2.24, 2.45) is 0 Å². The highest BCUT2D eigenvalue weighted by atomic mass is 32.2. The number of methoxy groups -OCH3 is 1. The van der Waals surface area contributed by atoms with Gasteiger partial charge in [0.05, 0.1) is 17.6 Å². The minimum Gasteiger partial charge on any atom is -0.496 e. The van der Waals surface area contributed by atoms with Gasteiger partial charge >= 0.3 is 0 Å². The quantitative estimate of drug-likeness (QED) is 0.873. The van der Waals surface area contributed by atoms with Crippen molar-refractivity contribution in [3.63, 3.8) is 0 Å². The minimum atomic E-state index is -3.60. The van der Waals surface area contributed by atoms with Crippen molar-refractivity contribution in [1.82, 2.24) is 4.31 Å². The number of nitrogens with one attached hydrogen (secondary N) is 1. The van der Waals surface area contributed by atoms with E-state index in [1.807, 2.05) is 19.1 Å². The Balaban J connectivity index is 1.92. The Kier molecular flexibility index (Phi) is 5.29. The van der Waals surface area contributed by atoms with Gasteiger partial charge < -0.3 is 10.1 Å². The van der Waals surface area contributed by atoms with Crippen molar-refractivity contribution in [2.75, 3.05) is 25.5 Å². The summed E-state index contributed by atoms with van der Waals surface area (Å²) in [6.45, 7) is 2.99. The van der Waals surface area contributed by atoms with E-state index in [2.05, 4.69) is 5.32 Å². The second-order valence-electron chi connectivity index (χ2n) is 6.29. The first-order chi connectivity index (χ1) is 12.4. The lowest BCUT2D eigenvalue weighted by Gasteiger charge is -2.17. The van der Waals surface area contributed by atoms with Crippen LogP contribution >= 0.6 is 0 Å². The molecule has 0 spiro atoms. The predicted molar refractivity (Wildman–Crippen MR) is 100 cm³/mol. The van der Waals surface area contributed by atoms with Crippen molar-refractivity contribution in [3.05, 3.63) is 53.6 Å². The number of hydrogen-bond acceptors (Lipinski definition) is 4. The van der Waals surface area contributed by atoms with Crippen LogP contribution in [-0.2, 0) is 10.0 Å². The van der Waals surface area contributed by atoms with Crippen LogP contribution in [0.5, 0.6) is 5.75 Å². The lowest BCUT2D eigenvalue weighted by molar-refractivity contribution is 0.102. The van der Waals surface area contributed by atoms with Gasteiger partial charge in [-0.15, -0.1) is 0 Å². The highest BCUT2D eigenvalue weighted by Crippen LogP contribution is 2.27. The van der Waals surface area contributed by atoms with Gasteiger partial charge in [-0.05, 0) is 50.1 Å². The molecule has 1 N–H and O–H groups in total. The van der Waals surface area contributed by atoms with Crippen molar-refractivity contribution < 1.29 is 17.9 Å². The highest BCUT2D eigenvalue weighted by molar-refractivity contribution is 7.89. The second kappa shape index (κ2) is 7.47. The monoisotopic (exact) mass is 374 g/mol. The Morgan fingerprint density at radius 1 is 1.08 bits per heavy atom. The van der Waals surface area contributed by atoms with E-state index in [1.165, 1.54) is 29.6 Å². The topological polar surface area (TPSA) is 75.7 Å². The SMILES string of the molecule is COc1ccc(S(=O)(=O)N2CCCC2)cc1C(=O)Nc1ccc(C)cc1. The van der Waals surface area contributed by atoms with Crippen LogP contribution in [0, 0.1) is 6.92 Å². The molecular weight excluding hydrogens is 352 g/mol. The number of hydrogen-bond donors (Lipinski definition) is 1. The average molecular weight is 374 g/mol. The summed E-state index contributed by atoms with van der Waals surface area (Å²) >= 11 is 0. The molecule has 0 unspecified atom stereocenters. The Labute approximate surface area is 153 Å². The van der Waals surface area contributed by atoms with Gasteiger partial charge in [-0.3, -0.25) is 4.79 Å². The summed E-state index contributed by atoms with van der Waals surface area (Å²) in [6.07, 6.45) is 1.71. The third kappa shape index (κ3) is 3.73. The first kappa shape index (κ1) is 18.4. The molecule has 1 fully saturated rings. The van der Waals surface area contributed by atoms with Gasteiger partial charge in [0.1, 0.15) is 5.75 Å². The number of carbonyl (C=O) groups excluding carboxylic acids is 1. The average Bonchev–Trinajstić information content (AvgIpc) is 3.18. The number of rotatable bonds is 5. The second-order valence-corrected chi connectivity index (χ2v) is 8.23. The van der Waals surface area contributed by atoms with Gasteiger partial charge in [-0.1, -0.05) is 17.7 Å². The summed E-state index contributed by atoms with van der Waals surface area (Å²) < 4.78 is 32.2. The molecule has 26 heavy (non-hydrogen) atoms. The fraction of sp³-hybridized carbons (Fsp3) is 0.316. The third-order valence-electron chi connectivity index (χ3n) is 4.43. The molecule has 2 aromatic carbocycles. The van der Waals surface area contributed by atoms with E-state index in [-0.39, 0.29) is 10.5 Å². The molecule has 0 radical (unpaired) electrons. The Bertz CT molecular complexity index is 902. The number of amides is 1. The fourth-order valence-electron chi connectivity index (χ4n) is 2.94. The van der Waals surface area contributed by atoms with E-state index in [4.69, 9.17) is 4.74 Å². The van der Waals surface area contributed by atoms with Crippen LogP contribution in [0.1, 0.15) is 28.8 Å². The van der Waals surface area contributed by atoms with Crippen molar-refractivity contribution in [1.29, 1.82) is 0 Å². The summed E-state index contributed by atoms with van der Waals surface area (Å²) in [4.78, 5) is 12.8. The summed E-state index contributed by atoms with van der Waals surface area (Å²) in [5, 5.41) is 2.78. The molecule has 138 valence electrons. The van der Waals surface area contributed by atoms with E-state index >= 15 is 0 Å². The molecule has 1 amide bonds. The molecule has 1 aliphatic heterocycles. The zero-order valence-electron chi connectivity index (χ0n) is 14.9. The zero-order valence-corrected chi connectivity index (χ0v) is 15.7. The smallest absolute Gasteiger partial charge is 0.259 e. The molecule has 1 aliphatic rings. The molecule has 3 rings (SSSR count). The maximum absolute atomic E-state index is 12.8. The molecule has 0 saturated carbocycles. The molecule has 0 aromatic heterocycles. The minimum absolute atomic E-state index is 0.106. The number of benzene rings is 2. The summed E-state index contributed by atoms with van der Waals surface area (Å²) in [6, 6.07) is 11.8.